The smallest absolute Gasteiger partial charge is 0.340 e. The second kappa shape index (κ2) is 8.18. The Morgan fingerprint density at radius 2 is 1.93 bits per heavy atom. The number of hydrogen-bond acceptors (Lipinski definition) is 5. The first-order valence-electron chi connectivity index (χ1n) is 8.53. The topological polar surface area (TPSA) is 77.4 Å². The summed E-state index contributed by atoms with van der Waals surface area (Å²) in [6, 6.07) is 11.1. The van der Waals surface area contributed by atoms with E-state index in [4.69, 9.17) is 4.74 Å². The average molecular weight is 384 g/mol. The number of esters is 1. The maximum Gasteiger partial charge on any atom is 0.340 e. The van der Waals surface area contributed by atoms with Crippen molar-refractivity contribution in [3.8, 4) is 0 Å². The number of thiophene rings is 1. The van der Waals surface area contributed by atoms with Crippen LogP contribution >= 0.6 is 11.3 Å². The van der Waals surface area contributed by atoms with Gasteiger partial charge in [-0.15, -0.1) is 11.3 Å². The quantitative estimate of drug-likeness (QED) is 0.502. The minimum Gasteiger partial charge on any atom is -0.454 e. The molecule has 27 heavy (non-hydrogen) atoms. The summed E-state index contributed by atoms with van der Waals surface area (Å²) in [6.45, 7) is 1.70. The summed E-state index contributed by atoms with van der Waals surface area (Å²) in [5, 5.41) is 3.52. The van der Waals surface area contributed by atoms with Gasteiger partial charge in [-0.3, -0.25) is 9.59 Å². The van der Waals surface area contributed by atoms with Crippen LogP contribution in [-0.2, 0) is 23.0 Å². The van der Waals surface area contributed by atoms with Gasteiger partial charge in [-0.2, -0.15) is 0 Å². The van der Waals surface area contributed by atoms with Gasteiger partial charge in [0.05, 0.1) is 10.4 Å². The molecular formula is C20H20N2O4S. The molecule has 2 heterocycles. The lowest BCUT2D eigenvalue weighted by Gasteiger charge is -2.02. The van der Waals surface area contributed by atoms with Crippen molar-refractivity contribution in [2.24, 2.45) is 7.05 Å². The molecule has 6 nitrogen and oxygen atoms in total. The third kappa shape index (κ3) is 4.43. The second-order valence-corrected chi connectivity index (χ2v) is 7.34. The van der Waals surface area contributed by atoms with E-state index in [9.17, 15) is 14.4 Å². The number of hydrogen-bond donors (Lipinski definition) is 1. The highest BCUT2D eigenvalue weighted by atomic mass is 32.1. The maximum absolute atomic E-state index is 12.4. The molecule has 0 aliphatic rings. The van der Waals surface area contributed by atoms with Gasteiger partial charge >= 0.3 is 5.97 Å². The van der Waals surface area contributed by atoms with E-state index in [1.165, 1.54) is 18.3 Å². The van der Waals surface area contributed by atoms with Crippen LogP contribution in [0.2, 0.25) is 0 Å². The third-order valence-corrected chi connectivity index (χ3v) is 5.32. The Bertz CT molecular complexity index is 1000. The number of rotatable bonds is 7. The molecule has 0 aliphatic carbocycles. The van der Waals surface area contributed by atoms with Gasteiger partial charge in [-0.05, 0) is 24.6 Å². The molecule has 3 rings (SSSR count). The number of Topliss-reactive ketones (excluding diaryl/α,β-unsaturated/α-hetero) is 1. The zero-order valence-corrected chi connectivity index (χ0v) is 16.0. The van der Waals surface area contributed by atoms with Crippen LogP contribution < -0.4 is 5.32 Å². The first-order chi connectivity index (χ1) is 13.0. The predicted octanol–water partition coefficient (Wildman–Crippen LogP) is 2.96. The lowest BCUT2D eigenvalue weighted by Crippen LogP contribution is -2.22. The van der Waals surface area contributed by atoms with Gasteiger partial charge in [-0.1, -0.05) is 18.2 Å². The monoisotopic (exact) mass is 384 g/mol. The van der Waals surface area contributed by atoms with E-state index in [-0.39, 0.29) is 18.3 Å². The second-order valence-electron chi connectivity index (χ2n) is 6.17. The molecule has 0 unspecified atom stereocenters. The van der Waals surface area contributed by atoms with Crippen molar-refractivity contribution in [2.75, 3.05) is 13.2 Å². The van der Waals surface area contributed by atoms with Crippen molar-refractivity contribution < 1.29 is 19.1 Å². The summed E-state index contributed by atoms with van der Waals surface area (Å²) < 4.78 is 7.09. The highest BCUT2D eigenvalue weighted by Gasteiger charge is 2.17. The molecule has 0 spiro atoms. The van der Waals surface area contributed by atoms with Gasteiger partial charge in [-0.25, -0.2) is 4.79 Å². The standard InChI is InChI=1S/C20H20N2O4S/c1-13(23)21-10-9-14-7-8-19(27-14)18(24)12-26-20(25)16-11-22(2)17-6-4-3-5-15(16)17/h3-8,11H,9-10,12H2,1-2H3,(H,21,23). The molecule has 140 valence electrons. The number of carbonyl (C=O) groups excluding carboxylic acids is 3. The van der Waals surface area contributed by atoms with Crippen LogP contribution in [0.1, 0.15) is 31.8 Å². The molecule has 1 amide bonds. The van der Waals surface area contributed by atoms with E-state index >= 15 is 0 Å². The first-order valence-corrected chi connectivity index (χ1v) is 9.35. The molecule has 0 bridgehead atoms. The largest absolute Gasteiger partial charge is 0.454 e. The summed E-state index contributed by atoms with van der Waals surface area (Å²) in [5.41, 5.74) is 1.38. The van der Waals surface area contributed by atoms with E-state index in [1.54, 1.807) is 12.3 Å². The van der Waals surface area contributed by atoms with Gasteiger partial charge in [0.2, 0.25) is 11.7 Å². The Labute approximate surface area is 160 Å². The SMILES string of the molecule is CC(=O)NCCc1ccc(C(=O)COC(=O)c2cn(C)c3ccccc23)s1. The summed E-state index contributed by atoms with van der Waals surface area (Å²) in [6.07, 6.45) is 2.37. The number of ether oxygens (including phenoxy) is 1. The van der Waals surface area contributed by atoms with Crippen molar-refractivity contribution in [1.29, 1.82) is 0 Å². The number of aryl methyl sites for hydroxylation is 1. The minimum atomic E-state index is -0.511. The van der Waals surface area contributed by atoms with Gasteiger partial charge in [0.25, 0.3) is 0 Å². The Balaban J connectivity index is 1.59. The van der Waals surface area contributed by atoms with Crippen LogP contribution in [0, 0.1) is 0 Å². The molecule has 3 aromatic rings. The van der Waals surface area contributed by atoms with E-state index in [2.05, 4.69) is 5.32 Å². The Morgan fingerprint density at radius 3 is 2.70 bits per heavy atom. The maximum atomic E-state index is 12.4. The summed E-state index contributed by atoms with van der Waals surface area (Å²) >= 11 is 1.35. The van der Waals surface area contributed by atoms with Crippen molar-refractivity contribution in [2.45, 2.75) is 13.3 Å². The fourth-order valence-electron chi connectivity index (χ4n) is 2.81. The zero-order valence-electron chi connectivity index (χ0n) is 15.2. The van der Waals surface area contributed by atoms with E-state index < -0.39 is 5.97 Å². The van der Waals surface area contributed by atoms with E-state index in [0.29, 0.717) is 23.4 Å². The average Bonchev–Trinajstić information content (AvgIpc) is 3.25. The number of fused-ring (bicyclic) bond motifs is 1. The van der Waals surface area contributed by atoms with E-state index in [0.717, 1.165) is 15.8 Å². The number of nitrogens with zero attached hydrogens (tertiary/aromatic N) is 1. The normalized spacial score (nSPS) is 10.7. The molecule has 0 aliphatic heterocycles. The Morgan fingerprint density at radius 1 is 1.15 bits per heavy atom. The van der Waals surface area contributed by atoms with Crippen LogP contribution in [0.4, 0.5) is 0 Å². The minimum absolute atomic E-state index is 0.0804. The molecule has 1 aromatic carbocycles. The van der Waals surface area contributed by atoms with Crippen molar-refractivity contribution in [3.05, 3.63) is 57.9 Å². The predicted molar refractivity (Wildman–Crippen MR) is 104 cm³/mol. The summed E-state index contributed by atoms with van der Waals surface area (Å²) in [4.78, 5) is 37.1. The van der Waals surface area contributed by atoms with Crippen molar-refractivity contribution in [3.63, 3.8) is 0 Å². The van der Waals surface area contributed by atoms with Gasteiger partial charge in [0, 0.05) is 42.5 Å². The molecule has 7 heteroatoms. The highest BCUT2D eigenvalue weighted by Crippen LogP contribution is 2.22. The molecule has 2 aromatic heterocycles. The number of nitrogens with one attached hydrogen (secondary N) is 1. The molecular weight excluding hydrogens is 364 g/mol. The van der Waals surface area contributed by atoms with Gasteiger partial charge < -0.3 is 14.6 Å². The molecule has 0 atom stereocenters. The van der Waals surface area contributed by atoms with Crippen LogP contribution in [0.15, 0.2) is 42.6 Å². The molecule has 0 radical (unpaired) electrons. The van der Waals surface area contributed by atoms with Crippen LogP contribution in [0.3, 0.4) is 0 Å². The van der Waals surface area contributed by atoms with E-state index in [1.807, 2.05) is 41.9 Å². The third-order valence-electron chi connectivity index (χ3n) is 4.13. The molecule has 0 fully saturated rings. The molecule has 1 N–H and O–H groups in total. The van der Waals surface area contributed by atoms with Crippen molar-refractivity contribution in [1.82, 2.24) is 9.88 Å². The lowest BCUT2D eigenvalue weighted by molar-refractivity contribution is -0.118. The molecule has 0 saturated carbocycles. The fraction of sp³-hybridized carbons (Fsp3) is 0.250. The summed E-state index contributed by atoms with van der Waals surface area (Å²) in [5.74, 6) is -0.829. The van der Waals surface area contributed by atoms with Crippen LogP contribution in [0.5, 0.6) is 0 Å². The number of benzene rings is 1. The Kier molecular flexibility index (Phi) is 5.71. The van der Waals surface area contributed by atoms with Gasteiger partial charge in [0.15, 0.2) is 6.61 Å². The van der Waals surface area contributed by atoms with Crippen molar-refractivity contribution >= 4 is 39.9 Å². The highest BCUT2D eigenvalue weighted by molar-refractivity contribution is 7.14. The van der Waals surface area contributed by atoms with Crippen LogP contribution in [-0.4, -0.2) is 35.4 Å². The summed E-state index contributed by atoms with van der Waals surface area (Å²) in [7, 11) is 1.86. The number of aromatic nitrogens is 1. The fourth-order valence-corrected chi connectivity index (χ4v) is 3.74. The number of para-hydroxylation sites is 1. The molecule has 0 saturated heterocycles. The zero-order chi connectivity index (χ0) is 19.4. The first kappa shape index (κ1) is 18.8. The number of ketones is 1. The Hall–Kier alpha value is -2.93. The lowest BCUT2D eigenvalue weighted by atomic mass is 10.2. The number of carbonyl (C=O) groups is 3. The van der Waals surface area contributed by atoms with Gasteiger partial charge in [0.1, 0.15) is 0 Å². The van der Waals surface area contributed by atoms with Crippen LogP contribution in [0.25, 0.3) is 10.9 Å². The number of amides is 1.